The average molecular weight is 483 g/mol. The number of benzene rings is 1. The quantitative estimate of drug-likeness (QED) is 0.421. The van der Waals surface area contributed by atoms with Gasteiger partial charge in [-0.05, 0) is 46.7 Å². The number of hydrogen-bond acceptors (Lipinski definition) is 7. The molecule has 2 amide bonds. The van der Waals surface area contributed by atoms with E-state index < -0.39 is 6.09 Å². The molecule has 2 N–H and O–H groups in total. The molecule has 10 heteroatoms. The number of pyridine rings is 2. The first-order chi connectivity index (χ1) is 16.7. The molecule has 0 aliphatic carbocycles. The van der Waals surface area contributed by atoms with Gasteiger partial charge >= 0.3 is 6.09 Å². The highest BCUT2D eigenvalue weighted by Crippen LogP contribution is 2.22. The summed E-state index contributed by atoms with van der Waals surface area (Å²) in [5.74, 6) is -0.312. The van der Waals surface area contributed by atoms with Crippen molar-refractivity contribution in [3.63, 3.8) is 0 Å². The molecule has 3 aromatic rings. The number of carbonyl (C=O) groups excluding carboxylic acids is 2. The predicted octanol–water partition coefficient (Wildman–Crippen LogP) is 1.44. The van der Waals surface area contributed by atoms with Gasteiger partial charge in [0, 0.05) is 37.8 Å². The molecule has 0 fully saturated rings. The van der Waals surface area contributed by atoms with Crippen LogP contribution in [0.1, 0.15) is 15.9 Å². The zero-order valence-corrected chi connectivity index (χ0v) is 21.1. The van der Waals surface area contributed by atoms with Crippen LogP contribution < -0.4 is 16.2 Å². The second kappa shape index (κ2) is 11.8. The number of nitrogens with zero attached hydrogens (tertiary/aromatic N) is 4. The highest BCUT2D eigenvalue weighted by Gasteiger charge is 2.18. The van der Waals surface area contributed by atoms with E-state index in [0.29, 0.717) is 42.6 Å². The Kier molecular flexibility index (Phi) is 8.78. The van der Waals surface area contributed by atoms with E-state index in [4.69, 9.17) is 9.72 Å². The summed E-state index contributed by atoms with van der Waals surface area (Å²) >= 11 is 0. The Balaban J connectivity index is 1.91. The molecular formula is C25H34N6O4. The molecule has 2 heterocycles. The van der Waals surface area contributed by atoms with Crippen molar-refractivity contribution in [3.05, 3.63) is 51.9 Å². The third kappa shape index (κ3) is 6.77. The molecule has 0 radical (unpaired) electrons. The molecule has 0 aliphatic rings. The van der Waals surface area contributed by atoms with E-state index in [-0.39, 0.29) is 24.6 Å². The van der Waals surface area contributed by atoms with E-state index in [2.05, 4.69) is 10.6 Å². The van der Waals surface area contributed by atoms with Gasteiger partial charge in [-0.1, -0.05) is 18.2 Å². The van der Waals surface area contributed by atoms with Crippen LogP contribution in [0.2, 0.25) is 0 Å². The summed E-state index contributed by atoms with van der Waals surface area (Å²) in [6.45, 7) is 4.31. The first-order valence-corrected chi connectivity index (χ1v) is 11.6. The number of likely N-dealkylation sites (N-methyl/N-ethyl adjacent to an activating group) is 2. The smallest absolute Gasteiger partial charge is 0.407 e. The van der Waals surface area contributed by atoms with E-state index in [1.165, 1.54) is 10.8 Å². The number of nitrogens with one attached hydrogen (secondary N) is 2. The van der Waals surface area contributed by atoms with Gasteiger partial charge in [-0.2, -0.15) is 0 Å². The first-order valence-electron chi connectivity index (χ1n) is 11.6. The molecular weight excluding hydrogens is 448 g/mol. The summed E-state index contributed by atoms with van der Waals surface area (Å²) in [5.41, 5.74) is 2.08. The van der Waals surface area contributed by atoms with Crippen molar-refractivity contribution in [2.24, 2.45) is 0 Å². The van der Waals surface area contributed by atoms with Crippen LogP contribution in [0.4, 0.5) is 4.79 Å². The van der Waals surface area contributed by atoms with Gasteiger partial charge in [0.1, 0.15) is 6.61 Å². The van der Waals surface area contributed by atoms with Crippen LogP contribution in [-0.2, 0) is 11.3 Å². The fourth-order valence-corrected chi connectivity index (χ4v) is 3.64. The maximum Gasteiger partial charge on any atom is 0.407 e. The highest BCUT2D eigenvalue weighted by atomic mass is 16.5. The fourth-order valence-electron chi connectivity index (χ4n) is 3.64. The number of aryl methyl sites for hydroxylation is 1. The van der Waals surface area contributed by atoms with Crippen molar-refractivity contribution in [3.8, 4) is 0 Å². The lowest BCUT2D eigenvalue weighted by Crippen LogP contribution is -2.34. The zero-order valence-electron chi connectivity index (χ0n) is 21.1. The van der Waals surface area contributed by atoms with Gasteiger partial charge in [-0.25, -0.2) is 9.78 Å². The molecule has 0 atom stereocenters. The second-order valence-electron chi connectivity index (χ2n) is 9.00. The van der Waals surface area contributed by atoms with Crippen LogP contribution in [0.15, 0.2) is 35.3 Å². The van der Waals surface area contributed by atoms with Crippen molar-refractivity contribution in [2.45, 2.75) is 13.5 Å². The third-order valence-corrected chi connectivity index (χ3v) is 5.56. The number of ether oxygens (including phenoxy) is 1. The van der Waals surface area contributed by atoms with Crippen molar-refractivity contribution in [1.29, 1.82) is 0 Å². The largest absolute Gasteiger partial charge is 0.448 e. The van der Waals surface area contributed by atoms with Gasteiger partial charge < -0.3 is 29.7 Å². The second-order valence-corrected chi connectivity index (χ2v) is 9.00. The summed E-state index contributed by atoms with van der Waals surface area (Å²) in [4.78, 5) is 46.9. The molecule has 0 saturated carbocycles. The minimum absolute atomic E-state index is 0.0129. The SMILES string of the molecule is Cc1cccc2cc3c(=O)n(CCOC(=O)NCCN(C)C)cc(C(=O)NCCN(C)C)c3nc12. The van der Waals surface area contributed by atoms with Crippen LogP contribution in [0.25, 0.3) is 21.8 Å². The molecule has 0 saturated heterocycles. The Labute approximate surface area is 204 Å². The number of hydrogen-bond donors (Lipinski definition) is 2. The predicted molar refractivity (Wildman–Crippen MR) is 137 cm³/mol. The summed E-state index contributed by atoms with van der Waals surface area (Å²) in [5, 5.41) is 6.73. The average Bonchev–Trinajstić information content (AvgIpc) is 2.79. The molecule has 188 valence electrons. The van der Waals surface area contributed by atoms with Crippen LogP contribution in [0.5, 0.6) is 0 Å². The van der Waals surface area contributed by atoms with Crippen LogP contribution in [0, 0.1) is 6.92 Å². The standard InChI is InChI=1S/C25H34N6O4/c1-17-7-6-8-18-15-19-22(28-21(17)18)20(23(32)26-9-11-29(2)3)16-31(24(19)33)13-14-35-25(34)27-10-12-30(4)5/h6-8,15-16H,9-14H2,1-5H3,(H,26,32)(H,27,34). The molecule has 10 nitrogen and oxygen atoms in total. The lowest BCUT2D eigenvalue weighted by atomic mass is 10.1. The minimum Gasteiger partial charge on any atom is -0.448 e. The van der Waals surface area contributed by atoms with Gasteiger partial charge in [0.15, 0.2) is 0 Å². The maximum atomic E-state index is 13.3. The Morgan fingerprint density at radius 3 is 2.40 bits per heavy atom. The van der Waals surface area contributed by atoms with Crippen LogP contribution in [-0.4, -0.2) is 92.3 Å². The number of aromatic nitrogens is 2. The molecule has 0 unspecified atom stereocenters. The molecule has 1 aromatic carbocycles. The van der Waals surface area contributed by atoms with Crippen LogP contribution in [0.3, 0.4) is 0 Å². The van der Waals surface area contributed by atoms with Gasteiger partial charge in [-0.3, -0.25) is 9.59 Å². The first kappa shape index (κ1) is 26.1. The maximum absolute atomic E-state index is 13.3. The molecule has 2 aromatic heterocycles. The molecule has 0 spiro atoms. The summed E-state index contributed by atoms with van der Waals surface area (Å²) in [6.07, 6.45) is 0.950. The molecule has 0 bridgehead atoms. The van der Waals surface area contributed by atoms with E-state index in [9.17, 15) is 14.4 Å². The van der Waals surface area contributed by atoms with E-state index in [0.717, 1.165) is 16.5 Å². The number of carbonyl (C=O) groups is 2. The minimum atomic E-state index is -0.550. The van der Waals surface area contributed by atoms with Crippen molar-refractivity contribution >= 4 is 33.8 Å². The zero-order chi connectivity index (χ0) is 25.5. The van der Waals surface area contributed by atoms with Gasteiger partial charge in [0.2, 0.25) is 0 Å². The number of amides is 2. The third-order valence-electron chi connectivity index (χ3n) is 5.56. The van der Waals surface area contributed by atoms with Crippen molar-refractivity contribution < 1.29 is 14.3 Å². The molecule has 35 heavy (non-hydrogen) atoms. The number of fused-ring (bicyclic) bond motifs is 2. The number of alkyl carbamates (subject to hydrolysis) is 1. The topological polar surface area (TPSA) is 109 Å². The summed E-state index contributed by atoms with van der Waals surface area (Å²) in [6, 6.07) is 7.52. The van der Waals surface area contributed by atoms with Gasteiger partial charge in [0.05, 0.1) is 28.5 Å². The van der Waals surface area contributed by atoms with Crippen molar-refractivity contribution in [2.75, 3.05) is 61.0 Å². The lowest BCUT2D eigenvalue weighted by Gasteiger charge is -2.15. The summed E-state index contributed by atoms with van der Waals surface area (Å²) in [7, 11) is 7.67. The highest BCUT2D eigenvalue weighted by molar-refractivity contribution is 6.07. The van der Waals surface area contributed by atoms with E-state index >= 15 is 0 Å². The van der Waals surface area contributed by atoms with E-state index in [1.807, 2.05) is 63.1 Å². The van der Waals surface area contributed by atoms with Gasteiger partial charge in [-0.15, -0.1) is 0 Å². The normalized spacial score (nSPS) is 11.4. The Morgan fingerprint density at radius 1 is 1.03 bits per heavy atom. The van der Waals surface area contributed by atoms with Gasteiger partial charge in [0.25, 0.3) is 11.5 Å². The summed E-state index contributed by atoms with van der Waals surface area (Å²) < 4.78 is 6.62. The number of para-hydroxylation sites is 1. The Morgan fingerprint density at radius 2 is 1.71 bits per heavy atom. The fraction of sp³-hybridized carbons (Fsp3) is 0.440. The molecule has 3 rings (SSSR count). The Hall–Kier alpha value is -3.50. The monoisotopic (exact) mass is 482 g/mol. The lowest BCUT2D eigenvalue weighted by molar-refractivity contribution is 0.0951. The van der Waals surface area contributed by atoms with Crippen LogP contribution >= 0.6 is 0 Å². The van der Waals surface area contributed by atoms with E-state index in [1.54, 1.807) is 6.07 Å². The van der Waals surface area contributed by atoms with Crippen molar-refractivity contribution in [1.82, 2.24) is 30.0 Å². The Bertz CT molecular complexity index is 1270. The number of rotatable bonds is 10. The molecule has 0 aliphatic heterocycles.